The first kappa shape index (κ1) is 22.9. The first-order valence-corrected chi connectivity index (χ1v) is 12.9. The predicted molar refractivity (Wildman–Crippen MR) is 133 cm³/mol. The van der Waals surface area contributed by atoms with Crippen molar-refractivity contribution in [2.24, 2.45) is 11.8 Å². The Hall–Kier alpha value is -2.51. The van der Waals surface area contributed by atoms with Crippen LogP contribution >= 0.6 is 0 Å². The van der Waals surface area contributed by atoms with Gasteiger partial charge in [0.15, 0.2) is 0 Å². The van der Waals surface area contributed by atoms with Gasteiger partial charge in [0.05, 0.1) is 11.7 Å². The molecule has 3 aliphatic rings. The lowest BCUT2D eigenvalue weighted by atomic mass is 9.76. The summed E-state index contributed by atoms with van der Waals surface area (Å²) >= 11 is 0. The van der Waals surface area contributed by atoms with Crippen LogP contribution in [0.3, 0.4) is 0 Å². The van der Waals surface area contributed by atoms with Gasteiger partial charge in [-0.1, -0.05) is 32.8 Å². The van der Waals surface area contributed by atoms with Crippen LogP contribution in [0, 0.1) is 23.5 Å². The lowest BCUT2D eigenvalue weighted by molar-refractivity contribution is 0.0127. The Labute approximate surface area is 205 Å². The van der Waals surface area contributed by atoms with E-state index in [2.05, 4.69) is 40.9 Å². The molecule has 1 aliphatic carbocycles. The zero-order chi connectivity index (χ0) is 24.3. The third-order valence-corrected chi connectivity index (χ3v) is 7.95. The van der Waals surface area contributed by atoms with Gasteiger partial charge in [-0.15, -0.1) is 0 Å². The third-order valence-electron chi connectivity index (χ3n) is 7.95. The zero-order valence-electron chi connectivity index (χ0n) is 20.7. The van der Waals surface area contributed by atoms with E-state index < -0.39 is 11.6 Å². The smallest absolute Gasteiger partial charge is 0.133 e. The number of likely N-dealkylation sites (tertiary alicyclic amines) is 1. The fourth-order valence-electron chi connectivity index (χ4n) is 6.13. The SMILES string of the molecule is CC(C)CN1CC(Oc2cc(F)c([C@@H]3c4ccc5[nH]ncc5c4CN(C)[C@H]3CC3CC3)c(F)c2)C1. The highest BCUT2D eigenvalue weighted by molar-refractivity contribution is 5.83. The molecule has 1 saturated carbocycles. The summed E-state index contributed by atoms with van der Waals surface area (Å²) in [6.07, 6.45) is 5.17. The van der Waals surface area contributed by atoms with E-state index in [-0.39, 0.29) is 29.4 Å². The van der Waals surface area contributed by atoms with Gasteiger partial charge >= 0.3 is 0 Å². The summed E-state index contributed by atoms with van der Waals surface area (Å²) < 4.78 is 37.5. The second-order valence-corrected chi connectivity index (χ2v) is 11.3. The van der Waals surface area contributed by atoms with E-state index >= 15 is 8.78 Å². The Morgan fingerprint density at radius 2 is 1.89 bits per heavy atom. The summed E-state index contributed by atoms with van der Waals surface area (Å²) in [5.41, 5.74) is 3.23. The van der Waals surface area contributed by atoms with Gasteiger partial charge in [-0.05, 0) is 42.5 Å². The Morgan fingerprint density at radius 3 is 2.57 bits per heavy atom. The summed E-state index contributed by atoms with van der Waals surface area (Å²) in [5, 5.41) is 8.26. The highest BCUT2D eigenvalue weighted by Gasteiger charge is 2.41. The number of halogens is 2. The maximum absolute atomic E-state index is 15.8. The number of H-pyrrole nitrogens is 1. The van der Waals surface area contributed by atoms with Gasteiger partial charge in [-0.3, -0.25) is 14.9 Å². The molecule has 1 aromatic heterocycles. The quantitative estimate of drug-likeness (QED) is 0.498. The van der Waals surface area contributed by atoms with Gasteiger partial charge in [-0.25, -0.2) is 8.78 Å². The van der Waals surface area contributed by atoms with Crippen LogP contribution in [0.1, 0.15) is 55.7 Å². The number of likely N-dealkylation sites (N-methyl/N-ethyl adjacent to an activating group) is 1. The summed E-state index contributed by atoms with van der Waals surface area (Å²) in [5.74, 6) is 0.114. The minimum Gasteiger partial charge on any atom is -0.488 e. The fraction of sp³-hybridized carbons (Fsp3) is 0.536. The predicted octanol–water partition coefficient (Wildman–Crippen LogP) is 5.31. The highest BCUT2D eigenvalue weighted by atomic mass is 19.1. The average Bonchev–Trinajstić information content (AvgIpc) is 3.46. The van der Waals surface area contributed by atoms with E-state index in [1.165, 1.54) is 25.0 Å². The number of benzene rings is 2. The number of aromatic nitrogens is 2. The lowest BCUT2D eigenvalue weighted by Gasteiger charge is -2.42. The number of aromatic amines is 1. The van der Waals surface area contributed by atoms with Crippen molar-refractivity contribution >= 4 is 10.9 Å². The van der Waals surface area contributed by atoms with Crippen LogP contribution in [-0.4, -0.2) is 58.8 Å². The number of hydrogen-bond acceptors (Lipinski definition) is 4. The van der Waals surface area contributed by atoms with Crippen molar-refractivity contribution in [2.45, 2.75) is 57.7 Å². The molecular formula is C28H34F2N4O. The molecule has 1 N–H and O–H groups in total. The average molecular weight is 481 g/mol. The van der Waals surface area contributed by atoms with Crippen LogP contribution < -0.4 is 4.74 Å². The normalized spacial score (nSPS) is 23.6. The topological polar surface area (TPSA) is 44.4 Å². The fourth-order valence-corrected chi connectivity index (χ4v) is 6.13. The molecule has 2 aromatic carbocycles. The second-order valence-electron chi connectivity index (χ2n) is 11.3. The standard InChI is InChI=1S/C28H34F2N4O/c1-16(2)12-34-13-19(14-34)35-18-9-23(29)28(24(30)10-18)27-20-6-7-25-21(11-31-32-25)22(20)15-33(3)26(27)8-17-4-5-17/h6-7,9-11,16-17,19,26-27H,4-5,8,12-15H2,1-3H3,(H,31,32)/t26-,27+/m0/s1. The monoisotopic (exact) mass is 480 g/mol. The zero-order valence-corrected chi connectivity index (χ0v) is 20.7. The van der Waals surface area contributed by atoms with E-state index in [0.29, 0.717) is 11.8 Å². The molecule has 5 nitrogen and oxygen atoms in total. The summed E-state index contributed by atoms with van der Waals surface area (Å²) in [6.45, 7) is 7.74. The Bertz CT molecular complexity index is 1210. The molecule has 0 radical (unpaired) electrons. The van der Waals surface area contributed by atoms with Crippen molar-refractivity contribution in [1.82, 2.24) is 20.0 Å². The summed E-state index contributed by atoms with van der Waals surface area (Å²) in [6, 6.07) is 6.85. The van der Waals surface area contributed by atoms with Gasteiger partial charge in [0.25, 0.3) is 0 Å². The van der Waals surface area contributed by atoms with Crippen molar-refractivity contribution in [1.29, 1.82) is 0 Å². The first-order valence-electron chi connectivity index (χ1n) is 12.9. The van der Waals surface area contributed by atoms with Crippen LogP contribution in [0.25, 0.3) is 10.9 Å². The Morgan fingerprint density at radius 1 is 1.14 bits per heavy atom. The van der Waals surface area contributed by atoms with Crippen LogP contribution in [0.2, 0.25) is 0 Å². The highest BCUT2D eigenvalue weighted by Crippen LogP contribution is 2.47. The van der Waals surface area contributed by atoms with Crippen molar-refractivity contribution in [3.05, 3.63) is 58.8 Å². The van der Waals surface area contributed by atoms with Gasteiger partial charge < -0.3 is 4.74 Å². The molecule has 0 unspecified atom stereocenters. The van der Waals surface area contributed by atoms with Crippen LogP contribution in [0.15, 0.2) is 30.5 Å². The Kier molecular flexibility index (Phi) is 5.80. The number of rotatable bonds is 7. The molecule has 0 amide bonds. The van der Waals surface area contributed by atoms with Gasteiger partial charge in [-0.2, -0.15) is 5.10 Å². The van der Waals surface area contributed by atoms with Crippen molar-refractivity contribution in [2.75, 3.05) is 26.7 Å². The van der Waals surface area contributed by atoms with Gasteiger partial charge in [0, 0.05) is 61.2 Å². The minimum absolute atomic E-state index is 0.0167. The number of fused-ring (bicyclic) bond motifs is 3. The molecule has 2 atom stereocenters. The molecule has 6 rings (SSSR count). The van der Waals surface area contributed by atoms with Crippen LogP contribution in [0.4, 0.5) is 8.78 Å². The Balaban J connectivity index is 1.33. The van der Waals surface area contributed by atoms with Crippen molar-refractivity contribution < 1.29 is 13.5 Å². The molecule has 0 bridgehead atoms. The maximum Gasteiger partial charge on any atom is 0.133 e. The summed E-state index contributed by atoms with van der Waals surface area (Å²) in [7, 11) is 2.08. The molecule has 3 heterocycles. The number of nitrogens with zero attached hydrogens (tertiary/aromatic N) is 3. The van der Waals surface area contributed by atoms with Crippen molar-refractivity contribution in [3.8, 4) is 5.75 Å². The molecule has 0 spiro atoms. The molecule has 1 saturated heterocycles. The van der Waals surface area contributed by atoms with E-state index in [9.17, 15) is 0 Å². The van der Waals surface area contributed by atoms with E-state index in [1.54, 1.807) is 0 Å². The third kappa shape index (κ3) is 4.33. The molecule has 2 aliphatic heterocycles. The number of nitrogens with one attached hydrogen (secondary N) is 1. The molecule has 35 heavy (non-hydrogen) atoms. The first-order chi connectivity index (χ1) is 16.9. The molecule has 7 heteroatoms. The van der Waals surface area contributed by atoms with Crippen LogP contribution in [-0.2, 0) is 6.54 Å². The lowest BCUT2D eigenvalue weighted by Crippen LogP contribution is -2.54. The van der Waals surface area contributed by atoms with Crippen molar-refractivity contribution in [3.63, 3.8) is 0 Å². The number of hydrogen-bond donors (Lipinski definition) is 1. The summed E-state index contributed by atoms with van der Waals surface area (Å²) in [4.78, 5) is 4.59. The maximum atomic E-state index is 15.8. The molecular weight excluding hydrogens is 446 g/mol. The molecule has 186 valence electrons. The van der Waals surface area contributed by atoms with Gasteiger partial charge in [0.2, 0.25) is 0 Å². The minimum atomic E-state index is -0.516. The van der Waals surface area contributed by atoms with E-state index in [4.69, 9.17) is 4.74 Å². The van der Waals surface area contributed by atoms with E-state index in [1.807, 2.05) is 18.3 Å². The van der Waals surface area contributed by atoms with Crippen LogP contribution in [0.5, 0.6) is 5.75 Å². The molecule has 3 aromatic rings. The molecule has 2 fully saturated rings. The number of ether oxygens (including phenoxy) is 1. The second kappa shape index (κ2) is 8.86. The van der Waals surface area contributed by atoms with E-state index in [0.717, 1.165) is 54.6 Å². The van der Waals surface area contributed by atoms with Gasteiger partial charge in [0.1, 0.15) is 23.5 Å². The largest absolute Gasteiger partial charge is 0.488 e.